The van der Waals surface area contributed by atoms with Crippen molar-refractivity contribution in [2.75, 3.05) is 13.6 Å². The number of likely N-dealkylation sites (N-methyl/N-ethyl adjacent to an activating group) is 1. The van der Waals surface area contributed by atoms with E-state index in [2.05, 4.69) is 0 Å². The third kappa shape index (κ3) is 5.22. The summed E-state index contributed by atoms with van der Waals surface area (Å²) in [6.45, 7) is 5.49. The van der Waals surface area contributed by atoms with Gasteiger partial charge in [0.2, 0.25) is 6.10 Å². The normalized spacial score (nSPS) is 27.7. The maximum Gasteiger partial charge on any atom is 0.345 e. The maximum absolute atomic E-state index is 13.2. The van der Waals surface area contributed by atoms with Gasteiger partial charge in [-0.25, -0.2) is 4.79 Å². The summed E-state index contributed by atoms with van der Waals surface area (Å²) in [4.78, 5) is 62.2. The number of fused-ring (bicyclic) bond motifs is 1. The number of aryl methyl sites for hydroxylation is 1. The molecule has 228 valence electrons. The number of carboxylic acids is 2. The number of hydrogen-bond donors (Lipinski definition) is 4. The van der Waals surface area contributed by atoms with E-state index in [1.807, 2.05) is 25.8 Å². The van der Waals surface area contributed by atoms with Gasteiger partial charge in [0, 0.05) is 24.4 Å². The highest BCUT2D eigenvalue weighted by Gasteiger charge is 2.69. The van der Waals surface area contributed by atoms with E-state index in [0.717, 1.165) is 5.56 Å². The Hall–Kier alpha value is -3.97. The van der Waals surface area contributed by atoms with Crippen LogP contribution in [0.15, 0.2) is 24.0 Å². The topological polar surface area (TPSA) is 197 Å². The number of rotatable bonds is 10. The second-order valence-electron chi connectivity index (χ2n) is 11.4. The molecule has 0 bridgehead atoms. The lowest BCUT2D eigenvalue weighted by molar-refractivity contribution is -0.172. The molecule has 6 atom stereocenters. The van der Waals surface area contributed by atoms with Crippen molar-refractivity contribution in [3.63, 3.8) is 0 Å². The fraction of sp³-hybridized carbons (Fsp3) is 0.552. The first-order valence-electron chi connectivity index (χ1n) is 13.6. The molecule has 42 heavy (non-hydrogen) atoms. The van der Waals surface area contributed by atoms with Crippen LogP contribution in [0.3, 0.4) is 0 Å². The molecule has 13 nitrogen and oxygen atoms in total. The molecule has 2 heterocycles. The zero-order chi connectivity index (χ0) is 31.1. The molecule has 1 aromatic rings. The SMILES string of the molecule is CC(=O)C[C@@H](CC(=O)OC1=CC[C@@]2(O)[C@@H](C)N(C)CC[C@@]23c2c(C)ccc(O)c2O[C@@H]13)C(=O)O[C@H](CC(=O)O)C(=O)O. The van der Waals surface area contributed by atoms with Gasteiger partial charge in [0.1, 0.15) is 11.5 Å². The van der Waals surface area contributed by atoms with E-state index in [0.29, 0.717) is 18.5 Å². The summed E-state index contributed by atoms with van der Waals surface area (Å²) in [5.41, 5.74) is -1.02. The first-order chi connectivity index (χ1) is 19.6. The fourth-order valence-corrected chi connectivity index (χ4v) is 6.54. The van der Waals surface area contributed by atoms with Gasteiger partial charge >= 0.3 is 23.9 Å². The largest absolute Gasteiger partial charge is 0.504 e. The first-order valence-corrected chi connectivity index (χ1v) is 13.6. The predicted molar refractivity (Wildman–Crippen MR) is 143 cm³/mol. The van der Waals surface area contributed by atoms with E-state index in [1.54, 1.807) is 12.1 Å². The number of phenols is 1. The highest BCUT2D eigenvalue weighted by molar-refractivity contribution is 5.88. The molecule has 1 spiro atoms. The lowest BCUT2D eigenvalue weighted by atomic mass is 9.54. The second-order valence-corrected chi connectivity index (χ2v) is 11.4. The summed E-state index contributed by atoms with van der Waals surface area (Å²) in [7, 11) is 1.90. The Kier molecular flexibility index (Phi) is 8.38. The molecule has 3 aliphatic rings. The standard InChI is InChI=1S/C29H35NO12/c1-14-5-6-18(32)24-23(14)28-9-10-30(4)16(3)29(28,39)8-7-19(25(28)42-24)40-22(35)12-17(11-15(2)31)27(38)41-20(26(36)37)13-21(33)34/h5-7,16-17,20,25,32,39H,8-13H2,1-4H3,(H,33,34)(H,36,37)/t16-,17+,20-,25+,28+,29-/m1/s1. The predicted octanol–water partition coefficient (Wildman–Crippen LogP) is 1.44. The number of phenolic OH excluding ortho intramolecular Hbond substituents is 1. The van der Waals surface area contributed by atoms with Crippen LogP contribution in [0.25, 0.3) is 0 Å². The summed E-state index contributed by atoms with van der Waals surface area (Å²) >= 11 is 0. The minimum Gasteiger partial charge on any atom is -0.504 e. The molecular formula is C29H35NO12. The molecule has 4 N–H and O–H groups in total. The quantitative estimate of drug-likeness (QED) is 0.286. The number of piperidine rings is 1. The van der Waals surface area contributed by atoms with Crippen molar-refractivity contribution in [1.29, 1.82) is 0 Å². The van der Waals surface area contributed by atoms with E-state index < -0.39 is 78.1 Å². The molecule has 0 radical (unpaired) electrons. The van der Waals surface area contributed by atoms with E-state index in [1.165, 1.54) is 13.0 Å². The minimum absolute atomic E-state index is 0.0701. The van der Waals surface area contributed by atoms with Crippen LogP contribution < -0.4 is 4.74 Å². The van der Waals surface area contributed by atoms with Crippen molar-refractivity contribution in [1.82, 2.24) is 4.90 Å². The molecule has 1 fully saturated rings. The lowest BCUT2D eigenvalue weighted by Gasteiger charge is -2.58. The number of hydrogen-bond acceptors (Lipinski definition) is 11. The Labute approximate surface area is 241 Å². The average molecular weight is 590 g/mol. The van der Waals surface area contributed by atoms with Crippen molar-refractivity contribution >= 4 is 29.7 Å². The third-order valence-corrected chi connectivity index (χ3v) is 8.74. The highest BCUT2D eigenvalue weighted by Crippen LogP contribution is 2.62. The number of aromatic hydroxyl groups is 1. The number of carboxylic acid groups (broad SMARTS) is 2. The van der Waals surface area contributed by atoms with Crippen molar-refractivity contribution in [3.8, 4) is 11.5 Å². The number of ketones is 1. The summed E-state index contributed by atoms with van der Waals surface area (Å²) in [6, 6.07) is 2.89. The van der Waals surface area contributed by atoms with Crippen LogP contribution in [0.1, 0.15) is 57.1 Å². The number of benzene rings is 1. The maximum atomic E-state index is 13.2. The second kappa shape index (κ2) is 11.4. The van der Waals surface area contributed by atoms with E-state index in [4.69, 9.17) is 19.3 Å². The van der Waals surface area contributed by atoms with Gasteiger partial charge in [-0.05, 0) is 58.5 Å². The number of aliphatic hydroxyl groups is 1. The number of nitrogens with zero attached hydrogens (tertiary/aromatic N) is 1. The van der Waals surface area contributed by atoms with Crippen LogP contribution >= 0.6 is 0 Å². The zero-order valence-corrected chi connectivity index (χ0v) is 23.8. The van der Waals surface area contributed by atoms with E-state index in [-0.39, 0.29) is 29.7 Å². The van der Waals surface area contributed by atoms with Crippen LogP contribution in [0.2, 0.25) is 0 Å². The molecule has 2 aliphatic heterocycles. The molecule has 4 rings (SSSR count). The van der Waals surface area contributed by atoms with Gasteiger partial charge in [0.05, 0.1) is 29.8 Å². The van der Waals surface area contributed by atoms with Crippen molar-refractivity contribution in [2.45, 2.75) is 82.1 Å². The number of esters is 2. The molecule has 0 aromatic heterocycles. The zero-order valence-electron chi connectivity index (χ0n) is 23.8. The van der Waals surface area contributed by atoms with Crippen LogP contribution in [-0.2, 0) is 38.9 Å². The monoisotopic (exact) mass is 589 g/mol. The molecule has 13 heteroatoms. The van der Waals surface area contributed by atoms with E-state index in [9.17, 15) is 39.3 Å². The van der Waals surface area contributed by atoms with Crippen LogP contribution in [0, 0.1) is 12.8 Å². The van der Waals surface area contributed by atoms with Gasteiger partial charge in [-0.3, -0.25) is 14.4 Å². The third-order valence-electron chi connectivity index (χ3n) is 8.74. The summed E-state index contributed by atoms with van der Waals surface area (Å²) < 4.78 is 16.8. The number of ether oxygens (including phenoxy) is 3. The Morgan fingerprint density at radius 2 is 1.83 bits per heavy atom. The van der Waals surface area contributed by atoms with Gasteiger partial charge in [0.25, 0.3) is 0 Å². The lowest BCUT2D eigenvalue weighted by Crippen LogP contribution is -2.71. The van der Waals surface area contributed by atoms with Crippen molar-refractivity contribution in [3.05, 3.63) is 35.1 Å². The number of carbonyl (C=O) groups excluding carboxylic acids is 3. The van der Waals surface area contributed by atoms with Gasteiger partial charge in [0.15, 0.2) is 17.6 Å². The molecule has 1 aromatic carbocycles. The average Bonchev–Trinajstić information content (AvgIpc) is 3.27. The molecular weight excluding hydrogens is 554 g/mol. The fourth-order valence-electron chi connectivity index (χ4n) is 6.54. The molecule has 1 saturated heterocycles. The number of Topliss-reactive ketones (excluding diaryl/α,β-unsaturated/α-hetero) is 1. The first kappa shape index (κ1) is 31.0. The van der Waals surface area contributed by atoms with Crippen LogP contribution in [0.5, 0.6) is 11.5 Å². The number of likely N-dealkylation sites (tertiary alicyclic amines) is 1. The Morgan fingerprint density at radius 1 is 1.14 bits per heavy atom. The van der Waals surface area contributed by atoms with Crippen LogP contribution in [0.4, 0.5) is 0 Å². The highest BCUT2D eigenvalue weighted by atomic mass is 16.6. The Morgan fingerprint density at radius 3 is 2.45 bits per heavy atom. The smallest absolute Gasteiger partial charge is 0.345 e. The van der Waals surface area contributed by atoms with Gasteiger partial charge in [-0.2, -0.15) is 0 Å². The van der Waals surface area contributed by atoms with Gasteiger partial charge in [-0.15, -0.1) is 0 Å². The molecule has 0 unspecified atom stereocenters. The number of aliphatic carboxylic acids is 2. The Bertz CT molecular complexity index is 1350. The Balaban J connectivity index is 1.62. The molecule has 0 saturated carbocycles. The van der Waals surface area contributed by atoms with Crippen molar-refractivity contribution < 1.29 is 58.6 Å². The van der Waals surface area contributed by atoms with Gasteiger partial charge in [-0.1, -0.05) is 6.07 Å². The molecule has 1 aliphatic carbocycles. The van der Waals surface area contributed by atoms with Crippen LogP contribution in [-0.4, -0.2) is 92.4 Å². The van der Waals surface area contributed by atoms with Crippen molar-refractivity contribution in [2.24, 2.45) is 5.92 Å². The molecule has 0 amide bonds. The number of carbonyl (C=O) groups is 5. The minimum atomic E-state index is -2.01. The van der Waals surface area contributed by atoms with Gasteiger partial charge < -0.3 is 44.3 Å². The summed E-state index contributed by atoms with van der Waals surface area (Å²) in [6.07, 6.45) is -3.11. The van der Waals surface area contributed by atoms with E-state index >= 15 is 0 Å². The summed E-state index contributed by atoms with van der Waals surface area (Å²) in [5, 5.41) is 41.1. The summed E-state index contributed by atoms with van der Waals surface area (Å²) in [5.74, 6) is -7.17.